The van der Waals surface area contributed by atoms with Crippen LogP contribution in [0.15, 0.2) is 24.3 Å². The van der Waals surface area contributed by atoms with Crippen LogP contribution in [0.5, 0.6) is 0 Å². The van der Waals surface area contributed by atoms with Crippen LogP contribution in [0, 0.1) is 5.82 Å². The van der Waals surface area contributed by atoms with Crippen LogP contribution in [-0.4, -0.2) is 70.9 Å². The fraction of sp³-hybridized carbons (Fsp3) is 0.600. The van der Waals surface area contributed by atoms with Gasteiger partial charge < -0.3 is 30.1 Å². The molecule has 202 valence electrons. The minimum absolute atomic E-state index is 0.00473. The number of aliphatic carboxylic acids is 1. The lowest BCUT2D eigenvalue weighted by Crippen LogP contribution is -2.53. The van der Waals surface area contributed by atoms with Crippen LogP contribution in [0.4, 0.5) is 14.0 Å². The van der Waals surface area contributed by atoms with Gasteiger partial charge in [-0.15, -0.1) is 0 Å². The van der Waals surface area contributed by atoms with E-state index < -0.39 is 53.2 Å². The van der Waals surface area contributed by atoms with Crippen molar-refractivity contribution in [3.8, 4) is 0 Å². The first-order valence-corrected chi connectivity index (χ1v) is 11.7. The lowest BCUT2D eigenvalue weighted by Gasteiger charge is -2.30. The molecular formula is C25H38FN3O7. The molecule has 0 saturated carbocycles. The van der Waals surface area contributed by atoms with E-state index in [2.05, 4.69) is 10.6 Å². The quantitative estimate of drug-likeness (QED) is 0.410. The number of halogens is 1. The monoisotopic (exact) mass is 511 g/mol. The van der Waals surface area contributed by atoms with Gasteiger partial charge in [0, 0.05) is 20.0 Å². The number of carboxylic acid groups (broad SMARTS) is 1. The number of likely N-dealkylation sites (N-methyl/N-ethyl adjacent to an activating group) is 1. The molecule has 2 atom stereocenters. The van der Waals surface area contributed by atoms with Gasteiger partial charge in [-0.05, 0) is 72.1 Å². The predicted molar refractivity (Wildman–Crippen MR) is 131 cm³/mol. The average molecular weight is 512 g/mol. The van der Waals surface area contributed by atoms with Crippen LogP contribution in [0.1, 0.15) is 59.9 Å². The first kappa shape index (κ1) is 30.7. The van der Waals surface area contributed by atoms with E-state index >= 15 is 0 Å². The summed E-state index contributed by atoms with van der Waals surface area (Å²) in [6.45, 7) is 10.3. The summed E-state index contributed by atoms with van der Waals surface area (Å²) in [6, 6.07) is 3.04. The first-order chi connectivity index (χ1) is 16.5. The third-order valence-corrected chi connectivity index (χ3v) is 4.76. The first-order valence-electron chi connectivity index (χ1n) is 11.7. The molecular weight excluding hydrogens is 473 g/mol. The highest BCUT2D eigenvalue weighted by atomic mass is 19.1. The highest BCUT2D eigenvalue weighted by Gasteiger charge is 2.33. The summed E-state index contributed by atoms with van der Waals surface area (Å²) < 4.78 is 23.7. The largest absolute Gasteiger partial charge is 0.480 e. The SMILES string of the molecule is CN(C(=O)[C@H](Cc1ccc(F)cc1)NC(=O)OC(C)(C)C)[C@@H](CCCNC(=O)OC(C)(C)C)C(=O)O. The maximum Gasteiger partial charge on any atom is 0.408 e. The number of benzene rings is 1. The van der Waals surface area contributed by atoms with E-state index in [9.17, 15) is 28.7 Å². The standard InChI is InChI=1S/C25H38FN3O7/c1-24(2,3)35-22(33)27-14-8-9-19(21(31)32)29(7)20(30)18(28-23(34)36-25(4,5)6)15-16-10-12-17(26)13-11-16/h10-13,18-19H,8-9,14-15H2,1-7H3,(H,27,33)(H,28,34)(H,31,32)/t18-,19-/m0/s1. The molecule has 1 rings (SSSR count). The number of alkyl carbamates (subject to hydrolysis) is 2. The molecule has 0 spiro atoms. The van der Waals surface area contributed by atoms with Gasteiger partial charge in [-0.25, -0.2) is 18.8 Å². The number of carboxylic acids is 1. The molecule has 0 aliphatic rings. The lowest BCUT2D eigenvalue weighted by atomic mass is 10.0. The number of hydrogen-bond acceptors (Lipinski definition) is 6. The molecule has 0 aliphatic carbocycles. The summed E-state index contributed by atoms with van der Waals surface area (Å²) in [5.41, 5.74) is -0.918. The number of carbonyl (C=O) groups is 4. The van der Waals surface area contributed by atoms with Crippen molar-refractivity contribution in [1.29, 1.82) is 0 Å². The summed E-state index contributed by atoms with van der Waals surface area (Å²) in [5.74, 6) is -2.34. The zero-order valence-corrected chi connectivity index (χ0v) is 22.0. The Morgan fingerprint density at radius 2 is 1.50 bits per heavy atom. The highest BCUT2D eigenvalue weighted by Crippen LogP contribution is 2.14. The Bertz CT molecular complexity index is 908. The molecule has 0 aromatic heterocycles. The van der Waals surface area contributed by atoms with Crippen molar-refractivity contribution in [3.05, 3.63) is 35.6 Å². The second-order valence-corrected chi connectivity index (χ2v) is 10.4. The maximum absolute atomic E-state index is 13.3. The van der Waals surface area contributed by atoms with Crippen LogP contribution in [-0.2, 0) is 25.5 Å². The maximum atomic E-state index is 13.3. The number of ether oxygens (including phenoxy) is 2. The third-order valence-electron chi connectivity index (χ3n) is 4.76. The summed E-state index contributed by atoms with van der Waals surface area (Å²) in [5, 5.41) is 14.8. The topological polar surface area (TPSA) is 134 Å². The van der Waals surface area contributed by atoms with E-state index in [0.717, 1.165) is 4.90 Å². The van der Waals surface area contributed by atoms with E-state index in [4.69, 9.17) is 9.47 Å². The molecule has 1 aromatic rings. The van der Waals surface area contributed by atoms with Crippen molar-refractivity contribution in [2.24, 2.45) is 0 Å². The van der Waals surface area contributed by atoms with Crippen LogP contribution >= 0.6 is 0 Å². The average Bonchev–Trinajstić information content (AvgIpc) is 2.71. The smallest absolute Gasteiger partial charge is 0.408 e. The fourth-order valence-corrected chi connectivity index (χ4v) is 3.19. The number of hydrogen-bond donors (Lipinski definition) is 3. The van der Waals surface area contributed by atoms with Gasteiger partial charge in [0.25, 0.3) is 0 Å². The van der Waals surface area contributed by atoms with Gasteiger partial charge in [-0.3, -0.25) is 4.79 Å². The number of carbonyl (C=O) groups excluding carboxylic acids is 3. The normalized spacial score (nSPS) is 13.2. The summed E-state index contributed by atoms with van der Waals surface area (Å²) in [6.07, 6.45) is -1.17. The van der Waals surface area contributed by atoms with Crippen LogP contribution in [0.3, 0.4) is 0 Å². The summed E-state index contributed by atoms with van der Waals surface area (Å²) in [7, 11) is 1.33. The van der Waals surface area contributed by atoms with Gasteiger partial charge in [0.15, 0.2) is 0 Å². The molecule has 36 heavy (non-hydrogen) atoms. The van der Waals surface area contributed by atoms with Crippen LogP contribution in [0.2, 0.25) is 0 Å². The van der Waals surface area contributed by atoms with E-state index in [-0.39, 0.29) is 25.8 Å². The second-order valence-electron chi connectivity index (χ2n) is 10.4. The zero-order chi connectivity index (χ0) is 27.7. The molecule has 0 unspecified atom stereocenters. The van der Waals surface area contributed by atoms with Crippen molar-refractivity contribution in [2.45, 2.75) is 84.1 Å². The van der Waals surface area contributed by atoms with Crippen LogP contribution in [0.25, 0.3) is 0 Å². The molecule has 0 heterocycles. The molecule has 0 fully saturated rings. The molecule has 0 aliphatic heterocycles. The van der Waals surface area contributed by atoms with Crippen molar-refractivity contribution >= 4 is 24.1 Å². The Hall–Kier alpha value is -3.37. The Morgan fingerprint density at radius 3 is 2.00 bits per heavy atom. The van der Waals surface area contributed by atoms with Crippen molar-refractivity contribution in [2.75, 3.05) is 13.6 Å². The molecule has 0 bridgehead atoms. The summed E-state index contributed by atoms with van der Waals surface area (Å²) >= 11 is 0. The number of nitrogens with zero attached hydrogens (tertiary/aromatic N) is 1. The fourth-order valence-electron chi connectivity index (χ4n) is 3.19. The second kappa shape index (κ2) is 13.1. The Kier molecular flexibility index (Phi) is 11.1. The van der Waals surface area contributed by atoms with Crippen molar-refractivity contribution in [3.63, 3.8) is 0 Å². The van der Waals surface area contributed by atoms with Crippen LogP contribution < -0.4 is 10.6 Å². The molecule has 1 aromatic carbocycles. The predicted octanol–water partition coefficient (Wildman–Crippen LogP) is 3.48. The van der Waals surface area contributed by atoms with Gasteiger partial charge >= 0.3 is 18.2 Å². The van der Waals surface area contributed by atoms with Crippen molar-refractivity contribution < 1.29 is 38.1 Å². The minimum Gasteiger partial charge on any atom is -0.480 e. The number of nitrogens with one attached hydrogen (secondary N) is 2. The Balaban J connectivity index is 2.92. The van der Waals surface area contributed by atoms with E-state index in [1.165, 1.54) is 31.3 Å². The Labute approximate surface area is 211 Å². The van der Waals surface area contributed by atoms with E-state index in [0.29, 0.717) is 5.56 Å². The molecule has 3 N–H and O–H groups in total. The molecule has 3 amide bonds. The van der Waals surface area contributed by atoms with Gasteiger partial charge in [-0.1, -0.05) is 12.1 Å². The number of amides is 3. The van der Waals surface area contributed by atoms with Gasteiger partial charge in [0.05, 0.1) is 0 Å². The van der Waals surface area contributed by atoms with E-state index in [1.807, 2.05) is 0 Å². The molecule has 11 heteroatoms. The van der Waals surface area contributed by atoms with Gasteiger partial charge in [0.2, 0.25) is 5.91 Å². The molecule has 10 nitrogen and oxygen atoms in total. The highest BCUT2D eigenvalue weighted by molar-refractivity contribution is 5.89. The third kappa shape index (κ3) is 11.9. The zero-order valence-electron chi connectivity index (χ0n) is 22.0. The van der Waals surface area contributed by atoms with Crippen molar-refractivity contribution in [1.82, 2.24) is 15.5 Å². The van der Waals surface area contributed by atoms with Gasteiger partial charge in [0.1, 0.15) is 29.1 Å². The molecule has 0 saturated heterocycles. The Morgan fingerprint density at radius 1 is 0.972 bits per heavy atom. The minimum atomic E-state index is -1.24. The van der Waals surface area contributed by atoms with E-state index in [1.54, 1.807) is 41.5 Å². The summed E-state index contributed by atoms with van der Waals surface area (Å²) in [4.78, 5) is 50.4. The lowest BCUT2D eigenvalue weighted by molar-refractivity contribution is -0.150. The number of rotatable bonds is 10. The molecule has 0 radical (unpaired) electrons. The van der Waals surface area contributed by atoms with Gasteiger partial charge in [-0.2, -0.15) is 0 Å².